The number of aromatic nitrogens is 2. The molecule has 0 bridgehead atoms. The number of aryl methyl sites for hydroxylation is 2. The summed E-state index contributed by atoms with van der Waals surface area (Å²) < 4.78 is 15.4. The van der Waals surface area contributed by atoms with E-state index in [0.29, 0.717) is 25.2 Å². The van der Waals surface area contributed by atoms with E-state index < -0.39 is 11.6 Å². The van der Waals surface area contributed by atoms with Crippen LogP contribution in [0.2, 0.25) is 0 Å². The van der Waals surface area contributed by atoms with Gasteiger partial charge in [0.1, 0.15) is 0 Å². The first-order chi connectivity index (χ1) is 19.0. The van der Waals surface area contributed by atoms with E-state index >= 15 is 4.39 Å². The normalized spacial score (nSPS) is 19.1. The van der Waals surface area contributed by atoms with Crippen molar-refractivity contribution in [1.82, 2.24) is 9.97 Å². The zero-order chi connectivity index (χ0) is 27.9. The van der Waals surface area contributed by atoms with Crippen LogP contribution in [0.5, 0.6) is 0 Å². The monoisotopic (exact) mass is 538 g/mol. The van der Waals surface area contributed by atoms with Crippen molar-refractivity contribution >= 4 is 5.97 Å². The number of aliphatic carboxylic acids is 1. The minimum absolute atomic E-state index is 0.156. The zero-order valence-corrected chi connectivity index (χ0v) is 24.5. The molecule has 1 aliphatic rings. The van der Waals surface area contributed by atoms with Crippen LogP contribution in [0, 0.1) is 11.8 Å². The van der Waals surface area contributed by atoms with E-state index in [1.54, 1.807) is 0 Å². The fourth-order valence-electron chi connectivity index (χ4n) is 6.14. The van der Waals surface area contributed by atoms with Crippen molar-refractivity contribution in [3.8, 4) is 11.4 Å². The minimum atomic E-state index is -2.05. The van der Waals surface area contributed by atoms with E-state index in [0.717, 1.165) is 56.3 Å². The summed E-state index contributed by atoms with van der Waals surface area (Å²) in [6.45, 7) is 4.31. The molecule has 0 unspecified atom stereocenters. The lowest BCUT2D eigenvalue weighted by molar-refractivity contribution is -0.157. The van der Waals surface area contributed by atoms with Crippen molar-refractivity contribution in [3.05, 3.63) is 47.8 Å². The predicted octanol–water partition coefficient (Wildman–Crippen LogP) is 9.55. The van der Waals surface area contributed by atoms with Gasteiger partial charge in [-0.1, -0.05) is 102 Å². The Labute approximate surface area is 236 Å². The topological polar surface area (TPSA) is 63.1 Å². The molecule has 216 valence electrons. The second-order valence-electron chi connectivity index (χ2n) is 11.9. The van der Waals surface area contributed by atoms with E-state index in [2.05, 4.69) is 48.1 Å². The first-order valence-electron chi connectivity index (χ1n) is 15.8. The minimum Gasteiger partial charge on any atom is -0.479 e. The molecule has 1 aromatic heterocycles. The molecule has 1 atom stereocenters. The number of halogens is 1. The number of alkyl halides is 1. The van der Waals surface area contributed by atoms with Gasteiger partial charge in [-0.25, -0.2) is 19.2 Å². The lowest BCUT2D eigenvalue weighted by Crippen LogP contribution is -2.43. The van der Waals surface area contributed by atoms with Crippen molar-refractivity contribution in [2.24, 2.45) is 11.8 Å². The summed E-state index contributed by atoms with van der Waals surface area (Å²) in [5.74, 6) is -0.282. The van der Waals surface area contributed by atoms with Gasteiger partial charge < -0.3 is 5.11 Å². The Kier molecular flexibility index (Phi) is 13.4. The van der Waals surface area contributed by atoms with Gasteiger partial charge in [-0.15, -0.1) is 0 Å². The number of carboxylic acids is 1. The van der Waals surface area contributed by atoms with Crippen LogP contribution in [0.3, 0.4) is 0 Å². The molecule has 1 aliphatic carbocycles. The molecule has 39 heavy (non-hydrogen) atoms. The van der Waals surface area contributed by atoms with E-state index in [1.807, 2.05) is 12.4 Å². The molecule has 1 saturated carbocycles. The Balaban J connectivity index is 1.39. The van der Waals surface area contributed by atoms with Crippen LogP contribution in [0.15, 0.2) is 36.7 Å². The summed E-state index contributed by atoms with van der Waals surface area (Å²) in [5, 5.41) is 9.61. The molecule has 0 saturated heterocycles. The number of carbonyl (C=O) groups is 1. The highest BCUT2D eigenvalue weighted by Crippen LogP contribution is 2.42. The molecule has 5 heteroatoms. The fourth-order valence-corrected chi connectivity index (χ4v) is 6.14. The third-order valence-electron chi connectivity index (χ3n) is 8.82. The molecule has 2 aromatic rings. The van der Waals surface area contributed by atoms with Gasteiger partial charge in [-0.05, 0) is 68.4 Å². The Morgan fingerprint density at radius 1 is 0.821 bits per heavy atom. The second kappa shape index (κ2) is 16.7. The lowest BCUT2D eigenvalue weighted by atomic mass is 9.71. The second-order valence-corrected chi connectivity index (χ2v) is 11.9. The molecule has 1 heterocycles. The summed E-state index contributed by atoms with van der Waals surface area (Å²) in [6.07, 6.45) is 22.2. The van der Waals surface area contributed by atoms with Gasteiger partial charge in [0.25, 0.3) is 0 Å². The zero-order valence-electron chi connectivity index (χ0n) is 24.5. The summed E-state index contributed by atoms with van der Waals surface area (Å²) in [4.78, 5) is 21.0. The largest absolute Gasteiger partial charge is 0.479 e. The van der Waals surface area contributed by atoms with Crippen molar-refractivity contribution in [1.29, 1.82) is 0 Å². The Morgan fingerprint density at radius 2 is 1.41 bits per heavy atom. The quantitative estimate of drug-likeness (QED) is 0.192. The van der Waals surface area contributed by atoms with Crippen LogP contribution in [0.4, 0.5) is 4.39 Å². The smallest absolute Gasteiger partial charge is 0.341 e. The number of benzene rings is 1. The van der Waals surface area contributed by atoms with Gasteiger partial charge in [-0.2, -0.15) is 0 Å². The maximum absolute atomic E-state index is 15.4. The molecule has 0 amide bonds. The van der Waals surface area contributed by atoms with Gasteiger partial charge >= 0.3 is 5.97 Å². The van der Waals surface area contributed by atoms with E-state index in [1.165, 1.54) is 56.1 Å². The molecular weight excluding hydrogens is 487 g/mol. The highest BCUT2D eigenvalue weighted by Gasteiger charge is 2.46. The summed E-state index contributed by atoms with van der Waals surface area (Å²) >= 11 is 0. The molecule has 1 aromatic carbocycles. The highest BCUT2D eigenvalue weighted by molar-refractivity contribution is 5.77. The fraction of sp³-hybridized carbons (Fsp3) is 0.676. The SMILES string of the molecule is CCCCCCCCCc1cnc(-c2ccc(CCC3CCC([C@@](F)(CCCCC)C(=O)O)CC3)cc2)nc1. The van der Waals surface area contributed by atoms with Crippen LogP contribution in [-0.2, 0) is 17.6 Å². The molecule has 3 rings (SSSR count). The average molecular weight is 539 g/mol. The van der Waals surface area contributed by atoms with Gasteiger partial charge in [0.15, 0.2) is 5.82 Å². The van der Waals surface area contributed by atoms with Gasteiger partial charge in [0, 0.05) is 23.9 Å². The number of unbranched alkanes of at least 4 members (excludes halogenated alkanes) is 8. The van der Waals surface area contributed by atoms with Crippen molar-refractivity contribution in [3.63, 3.8) is 0 Å². The Bertz CT molecular complexity index is 954. The Hall–Kier alpha value is -2.30. The van der Waals surface area contributed by atoms with Gasteiger partial charge in [0.2, 0.25) is 5.67 Å². The first kappa shape index (κ1) is 31.2. The maximum atomic E-state index is 15.4. The van der Waals surface area contributed by atoms with E-state index in [9.17, 15) is 9.90 Å². The third kappa shape index (κ3) is 9.99. The lowest BCUT2D eigenvalue weighted by Gasteiger charge is -2.36. The van der Waals surface area contributed by atoms with E-state index in [4.69, 9.17) is 0 Å². The molecule has 0 aliphatic heterocycles. The van der Waals surface area contributed by atoms with Gasteiger partial charge in [-0.3, -0.25) is 0 Å². The third-order valence-corrected chi connectivity index (χ3v) is 8.82. The highest BCUT2D eigenvalue weighted by atomic mass is 19.1. The van der Waals surface area contributed by atoms with Crippen molar-refractivity contribution in [2.45, 2.75) is 135 Å². The average Bonchev–Trinajstić information content (AvgIpc) is 2.96. The molecule has 1 N–H and O–H groups in total. The standard InChI is InChI=1S/C34H51FN2O2/c1-3-5-7-8-9-10-11-13-29-25-36-32(37-26-29)30-20-16-27(17-21-30)14-15-28-18-22-31(23-19-28)34(35,33(38)39)24-12-6-4-2/h16-17,20-21,25-26,28,31H,3-15,18-19,22-24H2,1-2H3,(H,38,39)/t28?,31?,34-/m0/s1. The number of nitrogens with zero attached hydrogens (tertiary/aromatic N) is 2. The van der Waals surface area contributed by atoms with Crippen LogP contribution >= 0.6 is 0 Å². The van der Waals surface area contributed by atoms with Gasteiger partial charge in [0.05, 0.1) is 0 Å². The molecular formula is C34H51FN2O2. The predicted molar refractivity (Wildman–Crippen MR) is 159 cm³/mol. The number of hydrogen-bond donors (Lipinski definition) is 1. The molecule has 0 radical (unpaired) electrons. The van der Waals surface area contributed by atoms with Crippen LogP contribution in [0.25, 0.3) is 11.4 Å². The summed E-state index contributed by atoms with van der Waals surface area (Å²) in [7, 11) is 0. The Morgan fingerprint density at radius 3 is 2.03 bits per heavy atom. The van der Waals surface area contributed by atoms with Crippen LogP contribution in [-0.4, -0.2) is 26.7 Å². The molecule has 0 spiro atoms. The van der Waals surface area contributed by atoms with E-state index in [-0.39, 0.29) is 12.3 Å². The summed E-state index contributed by atoms with van der Waals surface area (Å²) in [5.41, 5.74) is 1.50. The molecule has 4 nitrogen and oxygen atoms in total. The maximum Gasteiger partial charge on any atom is 0.341 e. The van der Waals surface area contributed by atoms with Crippen LogP contribution in [0.1, 0.15) is 128 Å². The number of rotatable bonds is 18. The van der Waals surface area contributed by atoms with Crippen LogP contribution < -0.4 is 0 Å². The van der Waals surface area contributed by atoms with Crippen molar-refractivity contribution in [2.75, 3.05) is 0 Å². The number of carboxylic acid groups (broad SMARTS) is 1. The summed E-state index contributed by atoms with van der Waals surface area (Å²) in [6, 6.07) is 8.55. The van der Waals surface area contributed by atoms with Crippen molar-refractivity contribution < 1.29 is 14.3 Å². The first-order valence-corrected chi connectivity index (χ1v) is 15.8. The molecule has 1 fully saturated rings. The number of hydrogen-bond acceptors (Lipinski definition) is 3.